The van der Waals surface area contributed by atoms with Gasteiger partial charge in [-0.25, -0.2) is 0 Å². The van der Waals surface area contributed by atoms with Gasteiger partial charge in [0.2, 0.25) is 0 Å². The number of hydrogen-bond donors (Lipinski definition) is 0. The highest BCUT2D eigenvalue weighted by molar-refractivity contribution is 5.95. The average molecular weight is 277 g/mol. The zero-order chi connectivity index (χ0) is 14.3. The van der Waals surface area contributed by atoms with Crippen LogP contribution in [0.2, 0.25) is 0 Å². The van der Waals surface area contributed by atoms with Crippen molar-refractivity contribution in [2.45, 2.75) is 13.0 Å². The fourth-order valence-corrected chi connectivity index (χ4v) is 3.32. The van der Waals surface area contributed by atoms with E-state index in [-0.39, 0.29) is 11.9 Å². The minimum absolute atomic E-state index is 0.152. The smallest absolute Gasteiger partial charge is 0.256 e. The number of aromatic nitrogens is 1. The van der Waals surface area contributed by atoms with Crippen LogP contribution >= 0.6 is 0 Å². The molecule has 1 aromatic heterocycles. The van der Waals surface area contributed by atoms with Gasteiger partial charge in [0.05, 0.1) is 24.8 Å². The molecule has 1 amide bonds. The number of fused-ring (bicyclic) bond motifs is 3. The number of ether oxygens (including phenoxy) is 1. The molecule has 0 N–H and O–H groups in total. The lowest BCUT2D eigenvalue weighted by Crippen LogP contribution is -2.46. The Hall–Kier alpha value is -1.33. The molecule has 3 rings (SSSR count). The fraction of sp³-hybridized carbons (Fsp3) is 0.667. The van der Waals surface area contributed by atoms with E-state index in [2.05, 4.69) is 11.9 Å². The van der Waals surface area contributed by atoms with Crippen LogP contribution in [0, 0.1) is 12.8 Å². The molecular weight excluding hydrogens is 254 g/mol. The minimum Gasteiger partial charge on any atom is -0.379 e. The predicted molar refractivity (Wildman–Crippen MR) is 76.8 cm³/mol. The van der Waals surface area contributed by atoms with Crippen molar-refractivity contribution in [1.82, 2.24) is 14.4 Å². The van der Waals surface area contributed by atoms with Gasteiger partial charge in [0, 0.05) is 44.5 Å². The largest absolute Gasteiger partial charge is 0.379 e. The Bertz CT molecular complexity index is 511. The van der Waals surface area contributed by atoms with Gasteiger partial charge in [-0.05, 0) is 20.0 Å². The first-order chi connectivity index (χ1) is 9.56. The van der Waals surface area contributed by atoms with Crippen LogP contribution in [0.25, 0.3) is 0 Å². The summed E-state index contributed by atoms with van der Waals surface area (Å²) in [6.07, 6.45) is 1.95. The summed E-state index contributed by atoms with van der Waals surface area (Å²) < 4.78 is 7.74. The lowest BCUT2D eigenvalue weighted by atomic mass is 10.1. The average Bonchev–Trinajstić information content (AvgIpc) is 2.57. The number of carbonyl (C=O) groups is 1. The molecule has 2 fully saturated rings. The molecule has 0 unspecified atom stereocenters. The van der Waals surface area contributed by atoms with E-state index in [1.165, 1.54) is 0 Å². The number of hydrogen-bond acceptors (Lipinski definition) is 3. The van der Waals surface area contributed by atoms with Crippen LogP contribution in [0.1, 0.15) is 16.1 Å². The molecule has 2 atom stereocenters. The van der Waals surface area contributed by atoms with E-state index in [9.17, 15) is 4.79 Å². The summed E-state index contributed by atoms with van der Waals surface area (Å²) in [5.41, 5.74) is 1.85. The van der Waals surface area contributed by atoms with Gasteiger partial charge in [-0.15, -0.1) is 0 Å². The Morgan fingerprint density at radius 3 is 2.75 bits per heavy atom. The molecule has 2 aliphatic rings. The van der Waals surface area contributed by atoms with E-state index in [4.69, 9.17) is 4.74 Å². The second-order valence-electron chi connectivity index (χ2n) is 6.16. The third-order valence-corrected chi connectivity index (χ3v) is 4.53. The van der Waals surface area contributed by atoms with Crippen molar-refractivity contribution in [3.8, 4) is 0 Å². The summed E-state index contributed by atoms with van der Waals surface area (Å²) >= 11 is 0. The molecule has 5 heteroatoms. The monoisotopic (exact) mass is 277 g/mol. The van der Waals surface area contributed by atoms with Gasteiger partial charge >= 0.3 is 0 Å². The molecule has 2 bridgehead atoms. The SMILES string of the molecule is Cc1c(C(=O)N2C[C@H]3COC[C@@H]2CN(C)C3)ccn1C. The van der Waals surface area contributed by atoms with Gasteiger partial charge in [0.15, 0.2) is 0 Å². The Balaban J connectivity index is 1.88. The molecule has 2 saturated heterocycles. The van der Waals surface area contributed by atoms with Gasteiger partial charge in [-0.3, -0.25) is 4.79 Å². The number of rotatable bonds is 1. The minimum atomic E-state index is 0.152. The maximum atomic E-state index is 12.9. The normalized spacial score (nSPS) is 27.4. The Labute approximate surface area is 120 Å². The highest BCUT2D eigenvalue weighted by atomic mass is 16.5. The van der Waals surface area contributed by atoms with E-state index < -0.39 is 0 Å². The lowest BCUT2D eigenvalue weighted by Gasteiger charge is -2.29. The zero-order valence-electron chi connectivity index (χ0n) is 12.5. The molecule has 0 spiro atoms. The van der Waals surface area contributed by atoms with Crippen molar-refractivity contribution in [3.05, 3.63) is 23.5 Å². The van der Waals surface area contributed by atoms with Crippen LogP contribution in [0.5, 0.6) is 0 Å². The Morgan fingerprint density at radius 1 is 1.25 bits per heavy atom. The van der Waals surface area contributed by atoms with Crippen LogP contribution < -0.4 is 0 Å². The maximum Gasteiger partial charge on any atom is 0.256 e. The van der Waals surface area contributed by atoms with Crippen molar-refractivity contribution in [1.29, 1.82) is 0 Å². The van der Waals surface area contributed by atoms with E-state index in [1.54, 1.807) is 0 Å². The summed E-state index contributed by atoms with van der Waals surface area (Å²) in [6.45, 7) is 6.13. The number of nitrogens with zero attached hydrogens (tertiary/aromatic N) is 3. The highest BCUT2D eigenvalue weighted by Crippen LogP contribution is 2.22. The molecule has 5 nitrogen and oxygen atoms in total. The third-order valence-electron chi connectivity index (χ3n) is 4.53. The van der Waals surface area contributed by atoms with Gasteiger partial charge in [-0.1, -0.05) is 0 Å². The van der Waals surface area contributed by atoms with Crippen LogP contribution in [0.4, 0.5) is 0 Å². The van der Waals surface area contributed by atoms with Crippen LogP contribution in [-0.4, -0.2) is 66.2 Å². The maximum absolute atomic E-state index is 12.9. The summed E-state index contributed by atoms with van der Waals surface area (Å²) in [6, 6.07) is 2.09. The topological polar surface area (TPSA) is 37.7 Å². The lowest BCUT2D eigenvalue weighted by molar-refractivity contribution is 0.0483. The molecule has 110 valence electrons. The number of likely N-dealkylation sites (N-methyl/N-ethyl adjacent to an activating group) is 1. The molecular formula is C15H23N3O2. The molecule has 0 radical (unpaired) electrons. The van der Waals surface area contributed by atoms with Gasteiger partial charge < -0.3 is 19.1 Å². The fourth-order valence-electron chi connectivity index (χ4n) is 3.32. The first kappa shape index (κ1) is 13.6. The molecule has 0 aliphatic carbocycles. The van der Waals surface area contributed by atoms with Gasteiger partial charge in [0.25, 0.3) is 5.91 Å². The van der Waals surface area contributed by atoms with Crippen LogP contribution in [-0.2, 0) is 11.8 Å². The van der Waals surface area contributed by atoms with Crippen molar-refractivity contribution >= 4 is 5.91 Å². The van der Waals surface area contributed by atoms with E-state index in [1.807, 2.05) is 35.7 Å². The molecule has 1 aromatic rings. The second-order valence-corrected chi connectivity index (χ2v) is 6.16. The van der Waals surface area contributed by atoms with Crippen molar-refractivity contribution < 1.29 is 9.53 Å². The number of carbonyl (C=O) groups excluding carboxylic acids is 1. The molecule has 20 heavy (non-hydrogen) atoms. The first-order valence-electron chi connectivity index (χ1n) is 7.25. The Kier molecular flexibility index (Phi) is 3.56. The second kappa shape index (κ2) is 5.22. The summed E-state index contributed by atoms with van der Waals surface area (Å²) in [7, 11) is 4.11. The first-order valence-corrected chi connectivity index (χ1v) is 7.25. The van der Waals surface area contributed by atoms with Gasteiger partial charge in [0.1, 0.15) is 0 Å². The van der Waals surface area contributed by atoms with Crippen molar-refractivity contribution in [2.24, 2.45) is 13.0 Å². The summed E-state index contributed by atoms with van der Waals surface area (Å²) in [4.78, 5) is 17.2. The highest BCUT2D eigenvalue weighted by Gasteiger charge is 2.35. The van der Waals surface area contributed by atoms with Crippen LogP contribution in [0.15, 0.2) is 12.3 Å². The van der Waals surface area contributed by atoms with E-state index >= 15 is 0 Å². The van der Waals surface area contributed by atoms with Crippen LogP contribution in [0.3, 0.4) is 0 Å². The molecule has 2 aliphatic heterocycles. The van der Waals surface area contributed by atoms with Crippen molar-refractivity contribution in [3.63, 3.8) is 0 Å². The number of amides is 1. The Morgan fingerprint density at radius 2 is 2.05 bits per heavy atom. The number of aryl methyl sites for hydroxylation is 1. The molecule has 3 heterocycles. The standard InChI is InChI=1S/C15H23N3O2/c1-11-14(4-5-17(11)3)15(19)18-7-12-6-16(2)8-13(18)10-20-9-12/h4-5,12-13H,6-10H2,1-3H3/t12-,13-/m0/s1. The summed E-state index contributed by atoms with van der Waals surface area (Å²) in [5, 5.41) is 0. The van der Waals surface area contributed by atoms with E-state index in [0.29, 0.717) is 12.5 Å². The molecule has 0 aromatic carbocycles. The third kappa shape index (κ3) is 2.36. The quantitative estimate of drug-likeness (QED) is 0.760. The predicted octanol–water partition coefficient (Wildman–Crippen LogP) is 0.736. The zero-order valence-corrected chi connectivity index (χ0v) is 12.5. The summed E-state index contributed by atoms with van der Waals surface area (Å²) in [5.74, 6) is 0.569. The van der Waals surface area contributed by atoms with Gasteiger partial charge in [-0.2, -0.15) is 0 Å². The molecule has 0 saturated carbocycles. The van der Waals surface area contributed by atoms with E-state index in [0.717, 1.165) is 37.5 Å². The van der Waals surface area contributed by atoms with Crippen molar-refractivity contribution in [2.75, 3.05) is 39.9 Å².